The molecule has 1 aromatic rings. The van der Waals surface area contributed by atoms with Gasteiger partial charge in [-0.05, 0) is 42.0 Å². The first-order valence-corrected chi connectivity index (χ1v) is 7.72. The first kappa shape index (κ1) is 13.0. The number of nitrogens with zero attached hydrogens (tertiary/aromatic N) is 5. The standard InChI is InChI=1S/C13H20N6O2/c20-13(18-5-6-21-11(8-18)9-1-2-9)14-7-12-15-16-17-19(12)10-3-4-10/h9-11H,1-8H2,(H,14,20). The minimum Gasteiger partial charge on any atom is -0.374 e. The van der Waals surface area contributed by atoms with Crippen LogP contribution in [0.2, 0.25) is 0 Å². The first-order chi connectivity index (χ1) is 10.3. The molecule has 2 heterocycles. The fourth-order valence-corrected chi connectivity index (χ4v) is 2.81. The molecular formula is C13H20N6O2. The Morgan fingerprint density at radius 2 is 2.19 bits per heavy atom. The highest BCUT2D eigenvalue weighted by atomic mass is 16.5. The second kappa shape index (κ2) is 5.25. The summed E-state index contributed by atoms with van der Waals surface area (Å²) in [5, 5.41) is 14.6. The Morgan fingerprint density at radius 1 is 1.33 bits per heavy atom. The van der Waals surface area contributed by atoms with Crippen LogP contribution >= 0.6 is 0 Å². The Labute approximate surface area is 122 Å². The summed E-state index contributed by atoms with van der Waals surface area (Å²) in [7, 11) is 0. The van der Waals surface area contributed by atoms with E-state index in [1.54, 1.807) is 0 Å². The van der Waals surface area contributed by atoms with Gasteiger partial charge in [-0.2, -0.15) is 0 Å². The number of hydrogen-bond acceptors (Lipinski definition) is 5. The Kier molecular flexibility index (Phi) is 3.25. The molecule has 1 N–H and O–H groups in total. The molecular weight excluding hydrogens is 272 g/mol. The summed E-state index contributed by atoms with van der Waals surface area (Å²) < 4.78 is 7.56. The zero-order chi connectivity index (χ0) is 14.2. The van der Waals surface area contributed by atoms with E-state index in [-0.39, 0.29) is 12.1 Å². The normalized spacial score (nSPS) is 25.9. The maximum atomic E-state index is 12.3. The lowest BCUT2D eigenvalue weighted by Crippen LogP contribution is -2.50. The Hall–Kier alpha value is -1.70. The van der Waals surface area contributed by atoms with E-state index in [1.165, 1.54) is 12.8 Å². The van der Waals surface area contributed by atoms with Gasteiger partial charge in [0, 0.05) is 13.1 Å². The predicted octanol–water partition coefficient (Wildman–Crippen LogP) is 0.328. The molecule has 21 heavy (non-hydrogen) atoms. The van der Waals surface area contributed by atoms with Crippen LogP contribution in [0.4, 0.5) is 4.79 Å². The Bertz CT molecular complexity index is 524. The molecule has 0 spiro atoms. The van der Waals surface area contributed by atoms with E-state index >= 15 is 0 Å². The average molecular weight is 292 g/mol. The lowest BCUT2D eigenvalue weighted by Gasteiger charge is -2.33. The van der Waals surface area contributed by atoms with Crippen molar-refractivity contribution in [3.05, 3.63) is 5.82 Å². The average Bonchev–Trinajstić information content (AvgIpc) is 3.43. The number of urea groups is 1. The number of ether oxygens (including phenoxy) is 1. The summed E-state index contributed by atoms with van der Waals surface area (Å²) in [6.07, 6.45) is 4.94. The molecule has 1 saturated heterocycles. The van der Waals surface area contributed by atoms with E-state index in [2.05, 4.69) is 20.8 Å². The molecule has 2 aliphatic carbocycles. The third-order valence-corrected chi connectivity index (χ3v) is 4.38. The van der Waals surface area contributed by atoms with E-state index in [0.29, 0.717) is 38.2 Å². The highest BCUT2D eigenvalue weighted by Gasteiger charge is 2.36. The summed E-state index contributed by atoms with van der Waals surface area (Å²) >= 11 is 0. The third-order valence-electron chi connectivity index (χ3n) is 4.38. The van der Waals surface area contributed by atoms with E-state index in [1.807, 2.05) is 9.58 Å². The quantitative estimate of drug-likeness (QED) is 0.864. The molecule has 1 aromatic heterocycles. The lowest BCUT2D eigenvalue weighted by atomic mass is 10.2. The van der Waals surface area contributed by atoms with E-state index in [9.17, 15) is 4.79 Å². The van der Waals surface area contributed by atoms with Gasteiger partial charge in [0.15, 0.2) is 5.82 Å². The molecule has 2 amide bonds. The molecule has 4 rings (SSSR count). The van der Waals surface area contributed by atoms with Crippen LogP contribution in [0.5, 0.6) is 0 Å². The van der Waals surface area contributed by atoms with Crippen molar-refractivity contribution in [3.63, 3.8) is 0 Å². The van der Waals surface area contributed by atoms with Gasteiger partial charge in [0.1, 0.15) is 0 Å². The molecule has 3 fully saturated rings. The van der Waals surface area contributed by atoms with Crippen molar-refractivity contribution in [1.82, 2.24) is 30.4 Å². The molecule has 0 radical (unpaired) electrons. The van der Waals surface area contributed by atoms with Gasteiger partial charge < -0.3 is 15.0 Å². The van der Waals surface area contributed by atoms with Crippen molar-refractivity contribution in [1.29, 1.82) is 0 Å². The maximum absolute atomic E-state index is 12.3. The highest BCUT2D eigenvalue weighted by molar-refractivity contribution is 5.74. The number of aromatic nitrogens is 4. The molecule has 1 aliphatic heterocycles. The Morgan fingerprint density at radius 3 is 2.95 bits per heavy atom. The van der Waals surface area contributed by atoms with Crippen LogP contribution in [0, 0.1) is 5.92 Å². The second-order valence-electron chi connectivity index (χ2n) is 6.12. The van der Waals surface area contributed by atoms with Gasteiger partial charge in [0.05, 0.1) is 25.3 Å². The van der Waals surface area contributed by atoms with E-state index in [4.69, 9.17) is 4.74 Å². The monoisotopic (exact) mass is 292 g/mol. The number of amides is 2. The number of nitrogens with one attached hydrogen (secondary N) is 1. The van der Waals surface area contributed by atoms with Gasteiger partial charge in [-0.3, -0.25) is 0 Å². The van der Waals surface area contributed by atoms with Crippen molar-refractivity contribution >= 4 is 6.03 Å². The van der Waals surface area contributed by atoms with Crippen molar-refractivity contribution in [3.8, 4) is 0 Å². The van der Waals surface area contributed by atoms with Gasteiger partial charge in [-0.15, -0.1) is 5.10 Å². The molecule has 0 aromatic carbocycles. The fourth-order valence-electron chi connectivity index (χ4n) is 2.81. The zero-order valence-corrected chi connectivity index (χ0v) is 11.9. The Balaban J connectivity index is 1.31. The van der Waals surface area contributed by atoms with Gasteiger partial charge in [-0.25, -0.2) is 9.48 Å². The molecule has 8 heteroatoms. The van der Waals surface area contributed by atoms with Crippen LogP contribution in [0.3, 0.4) is 0 Å². The molecule has 114 valence electrons. The molecule has 1 unspecified atom stereocenters. The molecule has 8 nitrogen and oxygen atoms in total. The van der Waals surface area contributed by atoms with Crippen molar-refractivity contribution in [2.24, 2.45) is 5.92 Å². The number of tetrazole rings is 1. The summed E-state index contributed by atoms with van der Waals surface area (Å²) in [6.45, 7) is 2.37. The van der Waals surface area contributed by atoms with E-state index in [0.717, 1.165) is 18.7 Å². The van der Waals surface area contributed by atoms with Gasteiger partial charge in [0.2, 0.25) is 0 Å². The fraction of sp³-hybridized carbons (Fsp3) is 0.846. The maximum Gasteiger partial charge on any atom is 0.317 e. The van der Waals surface area contributed by atoms with Gasteiger partial charge >= 0.3 is 6.03 Å². The van der Waals surface area contributed by atoms with Gasteiger partial charge in [-0.1, -0.05) is 0 Å². The lowest BCUT2D eigenvalue weighted by molar-refractivity contribution is -0.0253. The number of carbonyl (C=O) groups excluding carboxylic acids is 1. The summed E-state index contributed by atoms with van der Waals surface area (Å²) in [5.41, 5.74) is 0. The molecule has 3 aliphatic rings. The van der Waals surface area contributed by atoms with Crippen LogP contribution < -0.4 is 5.32 Å². The van der Waals surface area contributed by atoms with Gasteiger partial charge in [0.25, 0.3) is 0 Å². The summed E-state index contributed by atoms with van der Waals surface area (Å²) in [5.74, 6) is 1.39. The topological polar surface area (TPSA) is 85.2 Å². The van der Waals surface area contributed by atoms with E-state index < -0.39 is 0 Å². The third kappa shape index (κ3) is 2.85. The zero-order valence-electron chi connectivity index (χ0n) is 11.9. The smallest absolute Gasteiger partial charge is 0.317 e. The first-order valence-electron chi connectivity index (χ1n) is 7.72. The number of carbonyl (C=O) groups is 1. The number of rotatable bonds is 4. The van der Waals surface area contributed by atoms with Crippen LogP contribution in [0.15, 0.2) is 0 Å². The van der Waals surface area contributed by atoms with Crippen molar-refractivity contribution in [2.45, 2.75) is 44.4 Å². The van der Waals surface area contributed by atoms with Crippen molar-refractivity contribution in [2.75, 3.05) is 19.7 Å². The molecule has 1 atom stereocenters. The predicted molar refractivity (Wildman–Crippen MR) is 72.4 cm³/mol. The van der Waals surface area contributed by atoms with Crippen LogP contribution in [-0.4, -0.2) is 56.9 Å². The van der Waals surface area contributed by atoms with Crippen LogP contribution in [0.1, 0.15) is 37.5 Å². The largest absolute Gasteiger partial charge is 0.374 e. The number of hydrogen-bond donors (Lipinski definition) is 1. The van der Waals surface area contributed by atoms with Crippen LogP contribution in [-0.2, 0) is 11.3 Å². The molecule has 0 bridgehead atoms. The number of morpholine rings is 1. The second-order valence-corrected chi connectivity index (χ2v) is 6.12. The summed E-state index contributed by atoms with van der Waals surface area (Å²) in [6, 6.07) is 0.379. The van der Waals surface area contributed by atoms with Crippen LogP contribution in [0.25, 0.3) is 0 Å². The minimum atomic E-state index is -0.0469. The minimum absolute atomic E-state index is 0.0469. The highest BCUT2D eigenvalue weighted by Crippen LogP contribution is 2.36. The summed E-state index contributed by atoms with van der Waals surface area (Å²) in [4.78, 5) is 14.1. The molecule has 2 saturated carbocycles. The SMILES string of the molecule is O=C(NCc1nnnn1C1CC1)N1CCOC(C2CC2)C1. The van der Waals surface area contributed by atoms with Crippen molar-refractivity contribution < 1.29 is 9.53 Å².